The molecule has 5 rings (SSSR count). The molecule has 0 aliphatic rings. The van der Waals surface area contributed by atoms with Crippen molar-refractivity contribution < 1.29 is 4.74 Å². The summed E-state index contributed by atoms with van der Waals surface area (Å²) in [5.41, 5.74) is 5.91. The molecule has 3 heteroatoms. The van der Waals surface area contributed by atoms with Crippen molar-refractivity contribution in [2.24, 2.45) is 0 Å². The molecule has 0 spiro atoms. The Morgan fingerprint density at radius 1 is 0.452 bits per heavy atom. The van der Waals surface area contributed by atoms with Gasteiger partial charge in [-0.3, -0.25) is 0 Å². The van der Waals surface area contributed by atoms with Crippen molar-refractivity contribution in [1.82, 2.24) is 10.2 Å². The standard InChI is InChI=1S/C28H20N2O/c1-4-10-21(11-5-1)26-20-27(29-30-28(26)23-12-6-2-7-13-23)22-16-18-25(19-17-22)31-24-14-8-3-9-15-24/h1-20H. The fourth-order valence-corrected chi connectivity index (χ4v) is 3.50. The molecule has 3 nitrogen and oxygen atoms in total. The van der Waals surface area contributed by atoms with Gasteiger partial charge in [-0.15, -0.1) is 10.2 Å². The van der Waals surface area contributed by atoms with Crippen molar-refractivity contribution in [2.75, 3.05) is 0 Å². The first-order valence-electron chi connectivity index (χ1n) is 10.2. The largest absolute Gasteiger partial charge is 0.457 e. The molecule has 0 bridgehead atoms. The predicted octanol–water partition coefficient (Wildman–Crippen LogP) is 7.27. The molecule has 0 atom stereocenters. The van der Waals surface area contributed by atoms with Gasteiger partial charge >= 0.3 is 0 Å². The first kappa shape index (κ1) is 18.8. The van der Waals surface area contributed by atoms with E-state index in [0.29, 0.717) is 0 Å². The number of aromatic nitrogens is 2. The second-order valence-electron chi connectivity index (χ2n) is 7.16. The molecule has 1 aromatic heterocycles. The third kappa shape index (κ3) is 4.21. The highest BCUT2D eigenvalue weighted by Crippen LogP contribution is 2.33. The normalized spacial score (nSPS) is 10.6. The van der Waals surface area contributed by atoms with Gasteiger partial charge in [0.1, 0.15) is 17.2 Å². The van der Waals surface area contributed by atoms with E-state index in [2.05, 4.69) is 40.5 Å². The predicted molar refractivity (Wildman–Crippen MR) is 125 cm³/mol. The highest BCUT2D eigenvalue weighted by atomic mass is 16.5. The molecule has 0 fully saturated rings. The van der Waals surface area contributed by atoms with Gasteiger partial charge < -0.3 is 4.74 Å². The summed E-state index contributed by atoms with van der Waals surface area (Å²) in [5, 5.41) is 9.14. The van der Waals surface area contributed by atoms with Crippen LogP contribution in [0.2, 0.25) is 0 Å². The van der Waals surface area contributed by atoms with E-state index in [1.54, 1.807) is 0 Å². The second kappa shape index (κ2) is 8.64. The Kier molecular flexibility index (Phi) is 5.23. The third-order valence-corrected chi connectivity index (χ3v) is 5.05. The highest BCUT2D eigenvalue weighted by Gasteiger charge is 2.12. The van der Waals surface area contributed by atoms with Crippen molar-refractivity contribution in [3.63, 3.8) is 0 Å². The summed E-state index contributed by atoms with van der Waals surface area (Å²) in [7, 11) is 0. The number of rotatable bonds is 5. The van der Waals surface area contributed by atoms with Crippen LogP contribution >= 0.6 is 0 Å². The van der Waals surface area contributed by atoms with Gasteiger partial charge in [-0.25, -0.2) is 0 Å². The summed E-state index contributed by atoms with van der Waals surface area (Å²) in [6.45, 7) is 0. The maximum atomic E-state index is 5.90. The maximum absolute atomic E-state index is 5.90. The molecule has 0 amide bonds. The van der Waals surface area contributed by atoms with E-state index < -0.39 is 0 Å². The lowest BCUT2D eigenvalue weighted by molar-refractivity contribution is 0.483. The van der Waals surface area contributed by atoms with E-state index in [4.69, 9.17) is 4.74 Å². The zero-order valence-electron chi connectivity index (χ0n) is 16.8. The number of nitrogens with zero attached hydrogens (tertiary/aromatic N) is 2. The van der Waals surface area contributed by atoms with Gasteiger partial charge in [0.25, 0.3) is 0 Å². The van der Waals surface area contributed by atoms with Crippen LogP contribution < -0.4 is 4.74 Å². The average molecular weight is 400 g/mol. The van der Waals surface area contributed by atoms with Crippen molar-refractivity contribution in [3.05, 3.63) is 121 Å². The van der Waals surface area contributed by atoms with Crippen LogP contribution in [0.4, 0.5) is 0 Å². The van der Waals surface area contributed by atoms with Crippen molar-refractivity contribution in [1.29, 1.82) is 0 Å². The van der Waals surface area contributed by atoms with Gasteiger partial charge in [0, 0.05) is 16.7 Å². The SMILES string of the molecule is c1ccc(Oc2ccc(-c3cc(-c4ccccc4)c(-c4ccccc4)nn3)cc2)cc1. The van der Waals surface area contributed by atoms with Crippen LogP contribution in [0.15, 0.2) is 121 Å². The van der Waals surface area contributed by atoms with Crippen LogP contribution in [0.5, 0.6) is 11.5 Å². The molecule has 0 aliphatic carbocycles. The van der Waals surface area contributed by atoms with Crippen LogP contribution in [0.25, 0.3) is 33.6 Å². The fraction of sp³-hybridized carbons (Fsp3) is 0. The molecule has 1 heterocycles. The Hall–Kier alpha value is -4.24. The number of hydrogen-bond acceptors (Lipinski definition) is 3. The lowest BCUT2D eigenvalue weighted by Gasteiger charge is -2.11. The van der Waals surface area contributed by atoms with Crippen LogP contribution in [-0.2, 0) is 0 Å². The Balaban J connectivity index is 1.51. The molecular formula is C28H20N2O. The number of benzene rings is 4. The van der Waals surface area contributed by atoms with E-state index in [1.165, 1.54) is 0 Å². The van der Waals surface area contributed by atoms with Crippen molar-refractivity contribution in [3.8, 4) is 45.1 Å². The van der Waals surface area contributed by atoms with E-state index in [9.17, 15) is 0 Å². The Labute approximate surface area is 181 Å². The zero-order chi connectivity index (χ0) is 20.9. The number of hydrogen-bond donors (Lipinski definition) is 0. The lowest BCUT2D eigenvalue weighted by Crippen LogP contribution is -1.95. The van der Waals surface area contributed by atoms with Gasteiger partial charge in [0.15, 0.2) is 0 Å². The number of ether oxygens (including phenoxy) is 1. The second-order valence-corrected chi connectivity index (χ2v) is 7.16. The molecule has 31 heavy (non-hydrogen) atoms. The molecular weight excluding hydrogens is 380 g/mol. The minimum atomic E-state index is 0.784. The van der Waals surface area contributed by atoms with Crippen LogP contribution in [-0.4, -0.2) is 10.2 Å². The van der Waals surface area contributed by atoms with Gasteiger partial charge in [-0.1, -0.05) is 78.9 Å². The van der Waals surface area contributed by atoms with Gasteiger partial charge in [0.05, 0.1) is 5.69 Å². The van der Waals surface area contributed by atoms with E-state index in [-0.39, 0.29) is 0 Å². The van der Waals surface area contributed by atoms with Crippen LogP contribution in [0.3, 0.4) is 0 Å². The third-order valence-electron chi connectivity index (χ3n) is 5.05. The summed E-state index contributed by atoms with van der Waals surface area (Å²) in [6.07, 6.45) is 0. The minimum Gasteiger partial charge on any atom is -0.457 e. The van der Waals surface area contributed by atoms with Crippen molar-refractivity contribution in [2.45, 2.75) is 0 Å². The van der Waals surface area contributed by atoms with E-state index in [0.717, 1.165) is 45.1 Å². The summed E-state index contributed by atoms with van der Waals surface area (Å²) < 4.78 is 5.90. The zero-order valence-corrected chi connectivity index (χ0v) is 16.8. The molecule has 0 radical (unpaired) electrons. The summed E-state index contributed by atoms with van der Waals surface area (Å²) in [6, 6.07) is 40.3. The monoisotopic (exact) mass is 400 g/mol. The van der Waals surface area contributed by atoms with E-state index in [1.807, 2.05) is 91.0 Å². The van der Waals surface area contributed by atoms with Gasteiger partial charge in [-0.2, -0.15) is 0 Å². The maximum Gasteiger partial charge on any atom is 0.127 e. The highest BCUT2D eigenvalue weighted by molar-refractivity contribution is 5.83. The molecule has 4 aromatic carbocycles. The Morgan fingerprint density at radius 2 is 1.00 bits per heavy atom. The lowest BCUT2D eigenvalue weighted by atomic mass is 9.98. The minimum absolute atomic E-state index is 0.784. The molecule has 148 valence electrons. The van der Waals surface area contributed by atoms with E-state index >= 15 is 0 Å². The Bertz CT molecular complexity index is 1270. The Morgan fingerprint density at radius 3 is 1.65 bits per heavy atom. The average Bonchev–Trinajstić information content (AvgIpc) is 2.86. The molecule has 5 aromatic rings. The van der Waals surface area contributed by atoms with Crippen LogP contribution in [0, 0.1) is 0 Å². The smallest absolute Gasteiger partial charge is 0.127 e. The van der Waals surface area contributed by atoms with Gasteiger partial charge in [-0.05, 0) is 48.0 Å². The molecule has 0 N–H and O–H groups in total. The molecule has 0 unspecified atom stereocenters. The topological polar surface area (TPSA) is 35.0 Å². The summed E-state index contributed by atoms with van der Waals surface area (Å²) in [4.78, 5) is 0. The molecule has 0 saturated heterocycles. The molecule has 0 saturated carbocycles. The summed E-state index contributed by atoms with van der Waals surface area (Å²) in [5.74, 6) is 1.60. The first-order valence-corrected chi connectivity index (χ1v) is 10.2. The quantitative estimate of drug-likeness (QED) is 0.311. The summed E-state index contributed by atoms with van der Waals surface area (Å²) >= 11 is 0. The van der Waals surface area contributed by atoms with Crippen molar-refractivity contribution >= 4 is 0 Å². The fourth-order valence-electron chi connectivity index (χ4n) is 3.50. The van der Waals surface area contributed by atoms with Crippen LogP contribution in [0.1, 0.15) is 0 Å². The number of para-hydroxylation sites is 1. The first-order chi connectivity index (χ1) is 15.4. The van der Waals surface area contributed by atoms with Gasteiger partial charge in [0.2, 0.25) is 0 Å². The molecule has 0 aliphatic heterocycles.